The molecule has 0 aliphatic carbocycles. The van der Waals surface area contributed by atoms with Crippen molar-refractivity contribution >= 4 is 0 Å². The van der Waals surface area contributed by atoms with Crippen LogP contribution in [0.2, 0.25) is 0 Å². The molecule has 0 saturated carbocycles. The molecule has 0 rings (SSSR count). The van der Waals surface area contributed by atoms with Gasteiger partial charge in [-0.15, -0.1) is 0 Å². The molecule has 74 valence electrons. The summed E-state index contributed by atoms with van der Waals surface area (Å²) in [7, 11) is 1.58. The highest BCUT2D eigenvalue weighted by atomic mass is 16.5. The number of unbranched alkanes of at least 4 members (excludes halogenated alkanes) is 1. The fourth-order valence-electron chi connectivity index (χ4n) is 0.704. The highest BCUT2D eigenvalue weighted by Crippen LogP contribution is 2.08. The fourth-order valence-corrected chi connectivity index (χ4v) is 0.704. The molecule has 3 heteroatoms. The summed E-state index contributed by atoms with van der Waals surface area (Å²) in [5, 5.41) is 8.94. The van der Waals surface area contributed by atoms with Crippen LogP contribution >= 0.6 is 0 Å². The van der Waals surface area contributed by atoms with Gasteiger partial charge in [-0.1, -0.05) is 13.3 Å². The molecule has 0 aromatic carbocycles. The van der Waals surface area contributed by atoms with Gasteiger partial charge in [-0.3, -0.25) is 0 Å². The lowest BCUT2D eigenvalue weighted by Crippen LogP contribution is -2.37. The summed E-state index contributed by atoms with van der Waals surface area (Å²) >= 11 is 0. The van der Waals surface area contributed by atoms with Gasteiger partial charge in [-0.2, -0.15) is 0 Å². The second kappa shape index (κ2) is 6.40. The Labute approximate surface area is 74.7 Å². The third kappa shape index (κ3) is 4.70. The van der Waals surface area contributed by atoms with Crippen LogP contribution in [0.1, 0.15) is 26.7 Å². The summed E-state index contributed by atoms with van der Waals surface area (Å²) in [6, 6.07) is 0. The third-order valence-electron chi connectivity index (χ3n) is 1.88. The van der Waals surface area contributed by atoms with Crippen LogP contribution in [0.15, 0.2) is 0 Å². The van der Waals surface area contributed by atoms with Gasteiger partial charge in [0.1, 0.15) is 5.60 Å². The molecule has 0 amide bonds. The Morgan fingerprint density at radius 2 is 2.08 bits per heavy atom. The van der Waals surface area contributed by atoms with Gasteiger partial charge in [0.15, 0.2) is 0 Å². The molecule has 0 bridgehead atoms. The number of hydrogen-bond acceptors (Lipinski definition) is 3. The van der Waals surface area contributed by atoms with Crippen LogP contribution in [0.25, 0.3) is 0 Å². The van der Waals surface area contributed by atoms with Gasteiger partial charge >= 0.3 is 0 Å². The first kappa shape index (κ1) is 11.9. The summed E-state index contributed by atoms with van der Waals surface area (Å²) < 4.78 is 10.4. The van der Waals surface area contributed by atoms with Gasteiger partial charge in [-0.25, -0.2) is 0 Å². The summed E-state index contributed by atoms with van der Waals surface area (Å²) in [6.45, 7) is 5.15. The zero-order valence-electron chi connectivity index (χ0n) is 8.30. The van der Waals surface area contributed by atoms with Gasteiger partial charge in [0, 0.05) is 13.7 Å². The average Bonchev–Trinajstić information content (AvgIpc) is 2.12. The van der Waals surface area contributed by atoms with Crippen LogP contribution in [0.4, 0.5) is 0 Å². The maximum absolute atomic E-state index is 8.94. The Kier molecular flexibility index (Phi) is 6.34. The fraction of sp³-hybridized carbons (Fsp3) is 1.00. The predicted molar refractivity (Wildman–Crippen MR) is 48.2 cm³/mol. The normalized spacial score (nSPS) is 16.0. The van der Waals surface area contributed by atoms with Gasteiger partial charge in [0.25, 0.3) is 0 Å². The van der Waals surface area contributed by atoms with Crippen LogP contribution in [0.5, 0.6) is 0 Å². The van der Waals surface area contributed by atoms with E-state index in [-0.39, 0.29) is 6.61 Å². The molecule has 0 aliphatic heterocycles. The molecular weight excluding hydrogens is 156 g/mol. The summed E-state index contributed by atoms with van der Waals surface area (Å²) in [5.41, 5.74) is -0.534. The first-order chi connectivity index (χ1) is 5.68. The SMILES string of the molecule is CCCCOCC(C)(CO)OC. The largest absolute Gasteiger partial charge is 0.393 e. The molecule has 0 heterocycles. The smallest absolute Gasteiger partial charge is 0.111 e. The average molecular weight is 176 g/mol. The van der Waals surface area contributed by atoms with E-state index in [1.165, 1.54) is 0 Å². The zero-order valence-corrected chi connectivity index (χ0v) is 8.30. The zero-order chi connectivity index (χ0) is 9.45. The second-order valence-electron chi connectivity index (χ2n) is 3.22. The third-order valence-corrected chi connectivity index (χ3v) is 1.88. The van der Waals surface area contributed by atoms with Crippen molar-refractivity contribution in [3.05, 3.63) is 0 Å². The summed E-state index contributed by atoms with van der Waals surface area (Å²) in [6.07, 6.45) is 2.19. The standard InChI is InChI=1S/C9H20O3/c1-4-5-6-12-8-9(2,7-10)11-3/h10H,4-8H2,1-3H3. The van der Waals surface area contributed by atoms with Crippen LogP contribution in [-0.2, 0) is 9.47 Å². The molecule has 0 aromatic heterocycles. The van der Waals surface area contributed by atoms with Crippen molar-refractivity contribution in [1.29, 1.82) is 0 Å². The topological polar surface area (TPSA) is 38.7 Å². The molecule has 0 fully saturated rings. The molecule has 1 atom stereocenters. The van der Waals surface area contributed by atoms with Crippen LogP contribution in [0.3, 0.4) is 0 Å². The minimum absolute atomic E-state index is 0.00434. The Balaban J connectivity index is 3.45. The number of hydrogen-bond donors (Lipinski definition) is 1. The quantitative estimate of drug-likeness (QED) is 0.592. The Bertz CT molecular complexity index is 99.9. The van der Waals surface area contributed by atoms with Gasteiger partial charge in [0.2, 0.25) is 0 Å². The molecule has 1 unspecified atom stereocenters. The van der Waals surface area contributed by atoms with Crippen LogP contribution in [-0.4, -0.2) is 37.6 Å². The molecule has 1 N–H and O–H groups in total. The van der Waals surface area contributed by atoms with Crippen LogP contribution < -0.4 is 0 Å². The molecule has 12 heavy (non-hydrogen) atoms. The summed E-state index contributed by atoms with van der Waals surface area (Å²) in [5.74, 6) is 0. The molecule has 0 spiro atoms. The maximum atomic E-state index is 8.94. The molecule has 0 radical (unpaired) electrons. The lowest BCUT2D eigenvalue weighted by atomic mass is 10.1. The minimum atomic E-state index is -0.534. The second-order valence-corrected chi connectivity index (χ2v) is 3.22. The number of aliphatic hydroxyl groups excluding tert-OH is 1. The van der Waals surface area contributed by atoms with Crippen LogP contribution in [0, 0.1) is 0 Å². The number of methoxy groups -OCH3 is 1. The Hall–Kier alpha value is -0.120. The molecule has 3 nitrogen and oxygen atoms in total. The summed E-state index contributed by atoms with van der Waals surface area (Å²) in [4.78, 5) is 0. The van der Waals surface area contributed by atoms with Crippen molar-refractivity contribution in [3.8, 4) is 0 Å². The Morgan fingerprint density at radius 3 is 2.50 bits per heavy atom. The monoisotopic (exact) mass is 176 g/mol. The van der Waals surface area contributed by atoms with Crippen molar-refractivity contribution in [3.63, 3.8) is 0 Å². The van der Waals surface area contributed by atoms with E-state index in [1.807, 2.05) is 6.92 Å². The van der Waals surface area contributed by atoms with Crippen molar-refractivity contribution < 1.29 is 14.6 Å². The molecular formula is C9H20O3. The van der Waals surface area contributed by atoms with Crippen molar-refractivity contribution in [1.82, 2.24) is 0 Å². The lowest BCUT2D eigenvalue weighted by Gasteiger charge is -2.25. The molecule has 0 saturated heterocycles. The first-order valence-electron chi connectivity index (χ1n) is 4.42. The van der Waals surface area contributed by atoms with Gasteiger partial charge in [0.05, 0.1) is 13.2 Å². The molecule has 0 aromatic rings. The lowest BCUT2D eigenvalue weighted by molar-refractivity contribution is -0.0912. The highest BCUT2D eigenvalue weighted by Gasteiger charge is 2.22. The highest BCUT2D eigenvalue weighted by molar-refractivity contribution is 4.72. The predicted octanol–water partition coefficient (Wildman–Crippen LogP) is 1.20. The van der Waals surface area contributed by atoms with E-state index in [9.17, 15) is 0 Å². The number of ether oxygens (including phenoxy) is 2. The maximum Gasteiger partial charge on any atom is 0.111 e. The van der Waals surface area contributed by atoms with E-state index < -0.39 is 5.60 Å². The van der Waals surface area contributed by atoms with E-state index in [1.54, 1.807) is 7.11 Å². The Morgan fingerprint density at radius 1 is 1.42 bits per heavy atom. The van der Waals surface area contributed by atoms with Crippen molar-refractivity contribution in [2.45, 2.75) is 32.3 Å². The van der Waals surface area contributed by atoms with E-state index in [0.29, 0.717) is 6.61 Å². The van der Waals surface area contributed by atoms with Crippen molar-refractivity contribution in [2.24, 2.45) is 0 Å². The van der Waals surface area contributed by atoms with Gasteiger partial charge in [-0.05, 0) is 13.3 Å². The van der Waals surface area contributed by atoms with E-state index >= 15 is 0 Å². The van der Waals surface area contributed by atoms with Gasteiger partial charge < -0.3 is 14.6 Å². The van der Waals surface area contributed by atoms with E-state index in [2.05, 4.69) is 6.92 Å². The van der Waals surface area contributed by atoms with E-state index in [0.717, 1.165) is 19.4 Å². The molecule has 0 aliphatic rings. The number of rotatable bonds is 7. The minimum Gasteiger partial charge on any atom is -0.393 e. The number of aliphatic hydroxyl groups is 1. The van der Waals surface area contributed by atoms with Crippen molar-refractivity contribution in [2.75, 3.05) is 26.9 Å². The van der Waals surface area contributed by atoms with E-state index in [4.69, 9.17) is 14.6 Å². The first-order valence-corrected chi connectivity index (χ1v) is 4.42.